The number of aliphatic hydroxyl groups is 2. The van der Waals surface area contributed by atoms with Gasteiger partial charge in [-0.05, 0) is 148 Å². The molecule has 0 aliphatic rings. The predicted octanol–water partition coefficient (Wildman–Crippen LogP) is 24.8. The molecule has 0 aromatic carbocycles. The van der Waals surface area contributed by atoms with Crippen LogP contribution < -0.4 is 0 Å². The van der Waals surface area contributed by atoms with Crippen molar-refractivity contribution in [1.82, 2.24) is 0 Å². The molecule has 0 amide bonds. The van der Waals surface area contributed by atoms with Gasteiger partial charge in [0.2, 0.25) is 0 Å². The van der Waals surface area contributed by atoms with E-state index in [1.165, 1.54) is 83.5 Å². The largest absolute Gasteiger partial charge is 0.472 e. The van der Waals surface area contributed by atoms with Gasteiger partial charge in [0.1, 0.15) is 25.4 Å². The Labute approximate surface area is 650 Å². The lowest BCUT2D eigenvalue weighted by molar-refractivity contribution is -0.161. The quantitative estimate of drug-likeness (QED) is 0.0146. The molecule has 16 nitrogen and oxygen atoms in total. The highest BCUT2D eigenvalue weighted by atomic mass is 31.2. The zero-order chi connectivity index (χ0) is 78.0. The Hall–Kier alpha value is -5.09. The van der Waals surface area contributed by atoms with Crippen LogP contribution >= 0.6 is 15.6 Å². The molecule has 0 saturated heterocycles. The summed E-state index contributed by atoms with van der Waals surface area (Å²) in [7, 11) is -9.81. The molecule has 0 radical (unpaired) electrons. The summed E-state index contributed by atoms with van der Waals surface area (Å²) in [6.07, 6.45) is 103. The van der Waals surface area contributed by atoms with Gasteiger partial charge in [-0.2, -0.15) is 0 Å². The van der Waals surface area contributed by atoms with Crippen LogP contribution in [-0.2, 0) is 55.8 Å². The molecular weight excluding hydrogens is 1390 g/mol. The second-order valence-corrected chi connectivity index (χ2v) is 30.0. The van der Waals surface area contributed by atoms with Crippen LogP contribution in [0.1, 0.15) is 316 Å². The van der Waals surface area contributed by atoms with E-state index in [-0.39, 0.29) is 19.3 Å². The molecule has 610 valence electrons. The lowest BCUT2D eigenvalue weighted by Crippen LogP contribution is -2.30. The SMILES string of the molecule is CC/C=C\C/C=C\C/C=C\C/C=C\C/C=C\CCCCCCCCCCCCCC(=O)OCC(O)COP(=O)(O)OCC(O)COP(=O)(O)OCC(COC(=O)CCCCCCCCCCCCC/C=C\C/C=C\C/C=C\C/C=C\C/C=C\CC)OC(=O)CCCCCC/C=C\C/C=C\C/C=C\C/C=C\CC. The highest BCUT2D eigenvalue weighted by Gasteiger charge is 2.29. The highest BCUT2D eigenvalue weighted by molar-refractivity contribution is 7.47. The molecule has 0 bridgehead atoms. The van der Waals surface area contributed by atoms with Crippen molar-refractivity contribution in [2.24, 2.45) is 0 Å². The smallest absolute Gasteiger partial charge is 0.463 e. The summed E-state index contributed by atoms with van der Waals surface area (Å²) in [6.45, 7) is 2.31. The van der Waals surface area contributed by atoms with Crippen LogP contribution in [0.5, 0.6) is 0 Å². The van der Waals surface area contributed by atoms with Crippen molar-refractivity contribution in [2.75, 3.05) is 39.6 Å². The summed E-state index contributed by atoms with van der Waals surface area (Å²) in [4.78, 5) is 58.8. The van der Waals surface area contributed by atoms with Crippen LogP contribution in [0.3, 0.4) is 0 Å². The number of phosphoric ester groups is 2. The van der Waals surface area contributed by atoms with Crippen LogP contribution in [0.4, 0.5) is 0 Å². The first-order valence-corrected chi connectivity index (χ1v) is 44.4. The van der Waals surface area contributed by atoms with Crippen LogP contribution in [0.25, 0.3) is 0 Å². The van der Waals surface area contributed by atoms with Crippen LogP contribution in [0.15, 0.2) is 170 Å². The lowest BCUT2D eigenvalue weighted by atomic mass is 10.0. The number of esters is 3. The number of hydrogen-bond donors (Lipinski definition) is 4. The van der Waals surface area contributed by atoms with Gasteiger partial charge in [-0.3, -0.25) is 32.5 Å². The third-order valence-corrected chi connectivity index (χ3v) is 18.8. The Balaban J connectivity index is 4.62. The fraction of sp³-hybridized carbons (Fsp3) is 0.652. The van der Waals surface area contributed by atoms with Gasteiger partial charge in [0.15, 0.2) is 6.10 Å². The molecule has 4 N–H and O–H groups in total. The Morgan fingerprint density at radius 3 is 0.738 bits per heavy atom. The van der Waals surface area contributed by atoms with Crippen molar-refractivity contribution in [2.45, 2.75) is 334 Å². The summed E-state index contributed by atoms with van der Waals surface area (Å²) in [6, 6.07) is 0. The number of rotatable bonds is 77. The van der Waals surface area contributed by atoms with Gasteiger partial charge < -0.3 is 34.2 Å². The van der Waals surface area contributed by atoms with Crippen LogP contribution in [0.2, 0.25) is 0 Å². The molecule has 0 rings (SSSR count). The van der Waals surface area contributed by atoms with Crippen molar-refractivity contribution >= 4 is 33.6 Å². The van der Waals surface area contributed by atoms with Gasteiger partial charge in [-0.15, -0.1) is 0 Å². The first-order valence-electron chi connectivity index (χ1n) is 41.4. The summed E-state index contributed by atoms with van der Waals surface area (Å²) in [5, 5.41) is 20.7. The summed E-state index contributed by atoms with van der Waals surface area (Å²) in [5.41, 5.74) is 0. The molecular formula is C89H148O16P2. The monoisotopic (exact) mass is 1540 g/mol. The number of ether oxygens (including phenoxy) is 3. The standard InChI is InChI=1S/C89H148O16P2/c1-4-7-10-13-16-19-22-25-28-31-33-35-37-39-41-43-45-47-49-52-54-57-60-63-66-69-72-75-87(92)99-78-84(90)79-101-106(95,96)102-80-85(91)81-103-107(97,98)104-83-86(105-89(94)77-74-71-68-65-62-59-56-51-30-27-24-21-18-15-12-9-6-3)82-100-88(93)76-73-70-67-64-61-58-55-53-50-48-46-44-42-40-38-36-34-32-29-26-23-20-17-14-11-8-5-2/h7-12,16-21,25-30,33-36,39-42,56,59,84-86,90-91H,4-6,13-15,22-24,31-32,37-38,43-55,57-58,60-83H2,1-3H3,(H,95,96)(H,97,98)/b10-7-,11-8-,12-9-,19-16-,20-17-,21-18-,28-25-,29-26-,30-27-,35-33-,36-34-,41-39-,42-40-,59-56-. The van der Waals surface area contributed by atoms with E-state index in [1.54, 1.807) is 0 Å². The molecule has 0 aliphatic carbocycles. The van der Waals surface area contributed by atoms with Gasteiger partial charge in [0.25, 0.3) is 0 Å². The first-order chi connectivity index (χ1) is 52.2. The zero-order valence-corrected chi connectivity index (χ0v) is 68.5. The maximum absolute atomic E-state index is 13.0. The second-order valence-electron chi connectivity index (χ2n) is 27.1. The predicted molar refractivity (Wildman–Crippen MR) is 445 cm³/mol. The lowest BCUT2D eigenvalue weighted by Gasteiger charge is -2.21. The molecule has 0 heterocycles. The van der Waals surface area contributed by atoms with Crippen LogP contribution in [-0.4, -0.2) is 95.9 Å². The Bertz CT molecular complexity index is 2620. The minimum atomic E-state index is -4.95. The minimum absolute atomic E-state index is 0.0710. The first kappa shape index (κ1) is 102. The maximum atomic E-state index is 13.0. The van der Waals surface area contributed by atoms with Gasteiger partial charge in [-0.25, -0.2) is 9.13 Å². The second kappa shape index (κ2) is 80.4. The third kappa shape index (κ3) is 81.7. The Morgan fingerprint density at radius 2 is 0.467 bits per heavy atom. The van der Waals surface area contributed by atoms with Crippen molar-refractivity contribution < 1.29 is 75.8 Å². The van der Waals surface area contributed by atoms with E-state index in [4.69, 9.17) is 32.3 Å². The number of hydrogen-bond acceptors (Lipinski definition) is 14. The van der Waals surface area contributed by atoms with Gasteiger partial charge >= 0.3 is 33.6 Å². The molecule has 18 heteroatoms. The van der Waals surface area contributed by atoms with E-state index in [2.05, 4.69) is 191 Å². The fourth-order valence-corrected chi connectivity index (χ4v) is 12.3. The minimum Gasteiger partial charge on any atom is -0.463 e. The molecule has 0 aliphatic heterocycles. The highest BCUT2D eigenvalue weighted by Crippen LogP contribution is 2.45. The maximum Gasteiger partial charge on any atom is 0.472 e. The van der Waals surface area contributed by atoms with Gasteiger partial charge in [0.05, 0.1) is 26.4 Å². The number of unbranched alkanes of at least 4 members (excludes halogenated alkanes) is 26. The molecule has 107 heavy (non-hydrogen) atoms. The van der Waals surface area contributed by atoms with Crippen molar-refractivity contribution in [3.05, 3.63) is 170 Å². The molecule has 0 fully saturated rings. The zero-order valence-electron chi connectivity index (χ0n) is 66.7. The average molecular weight is 1540 g/mol. The van der Waals surface area contributed by atoms with Gasteiger partial charge in [0, 0.05) is 19.3 Å². The van der Waals surface area contributed by atoms with E-state index in [9.17, 15) is 43.5 Å². The van der Waals surface area contributed by atoms with E-state index in [0.717, 1.165) is 173 Å². The number of allylic oxidation sites excluding steroid dienone is 28. The van der Waals surface area contributed by atoms with Crippen molar-refractivity contribution in [3.63, 3.8) is 0 Å². The van der Waals surface area contributed by atoms with Crippen LogP contribution in [0, 0.1) is 0 Å². The Morgan fingerprint density at radius 1 is 0.262 bits per heavy atom. The topological polar surface area (TPSA) is 231 Å². The normalized spacial score (nSPS) is 14.8. The number of carbonyl (C=O) groups is 3. The van der Waals surface area contributed by atoms with E-state index in [0.29, 0.717) is 19.3 Å². The molecule has 5 atom stereocenters. The molecule has 0 saturated carbocycles. The van der Waals surface area contributed by atoms with Crippen molar-refractivity contribution in [1.29, 1.82) is 0 Å². The number of phosphoric acid groups is 2. The van der Waals surface area contributed by atoms with E-state index in [1.807, 2.05) is 0 Å². The summed E-state index contributed by atoms with van der Waals surface area (Å²) < 4.78 is 61.3. The number of carbonyl (C=O) groups excluding carboxylic acids is 3. The molecule has 0 aromatic rings. The average Bonchev–Trinajstić information content (AvgIpc) is 0.908. The van der Waals surface area contributed by atoms with E-state index < -0.39 is 91.5 Å². The molecule has 5 unspecified atom stereocenters. The third-order valence-electron chi connectivity index (χ3n) is 16.9. The van der Waals surface area contributed by atoms with E-state index >= 15 is 0 Å². The fourth-order valence-electron chi connectivity index (χ4n) is 10.7. The van der Waals surface area contributed by atoms with Gasteiger partial charge in [-0.1, -0.05) is 319 Å². The molecule has 0 spiro atoms. The summed E-state index contributed by atoms with van der Waals surface area (Å²) >= 11 is 0. The van der Waals surface area contributed by atoms with Crippen molar-refractivity contribution in [3.8, 4) is 0 Å². The summed E-state index contributed by atoms with van der Waals surface area (Å²) in [5.74, 6) is -1.61. The number of aliphatic hydroxyl groups excluding tert-OH is 2. The Kier molecular flexibility index (Phi) is 76.6. The molecule has 0 aromatic heterocycles.